The molecule has 0 saturated heterocycles. The van der Waals surface area contributed by atoms with Gasteiger partial charge in [-0.1, -0.05) is 6.07 Å². The molecule has 0 aromatic heterocycles. The first-order chi connectivity index (χ1) is 8.65. The van der Waals surface area contributed by atoms with Crippen LogP contribution in [0.25, 0.3) is 0 Å². The second-order valence-electron chi connectivity index (χ2n) is 4.05. The summed E-state index contributed by atoms with van der Waals surface area (Å²) in [5.74, 6) is 0.0240. The summed E-state index contributed by atoms with van der Waals surface area (Å²) >= 11 is 0. The van der Waals surface area contributed by atoms with Crippen LogP contribution in [0, 0.1) is 0 Å². The van der Waals surface area contributed by atoms with Gasteiger partial charge in [0.1, 0.15) is 5.75 Å². The number of nitrogens with one attached hydrogen (secondary N) is 2. The Kier molecular flexibility index (Phi) is 3.66. The zero-order chi connectivity index (χ0) is 13.0. The van der Waals surface area contributed by atoms with Crippen molar-refractivity contribution in [2.75, 3.05) is 18.5 Å². The Morgan fingerprint density at radius 2 is 2.28 bits per heavy atom. The van der Waals surface area contributed by atoms with Crippen molar-refractivity contribution in [3.05, 3.63) is 23.8 Å². The van der Waals surface area contributed by atoms with E-state index in [-0.39, 0.29) is 6.61 Å². The van der Waals surface area contributed by atoms with Crippen LogP contribution in [0.3, 0.4) is 0 Å². The van der Waals surface area contributed by atoms with Crippen LogP contribution in [0.4, 0.5) is 10.5 Å². The molecule has 0 fully saturated rings. The van der Waals surface area contributed by atoms with Gasteiger partial charge in [0.15, 0.2) is 6.61 Å². The summed E-state index contributed by atoms with van der Waals surface area (Å²) in [6.07, 6.45) is 2.17. The van der Waals surface area contributed by atoms with Crippen molar-refractivity contribution in [1.29, 1.82) is 0 Å². The van der Waals surface area contributed by atoms with Crippen LogP contribution in [0.1, 0.15) is 12.0 Å². The van der Waals surface area contributed by atoms with Crippen LogP contribution in [0.15, 0.2) is 18.2 Å². The van der Waals surface area contributed by atoms with Crippen molar-refractivity contribution in [2.45, 2.75) is 12.8 Å². The van der Waals surface area contributed by atoms with Crippen molar-refractivity contribution in [3.63, 3.8) is 0 Å². The number of carbonyl (C=O) groups excluding carboxylic acids is 2. The standard InChI is InChI=1S/C12H15N3O3/c13-12(17)15-11(16)7-18-9-4-3-8-2-1-5-14-10(8)6-9/h3-4,6,14H,1-2,5,7H2,(H3,13,15,16,17). The third-order valence-corrected chi connectivity index (χ3v) is 2.65. The van der Waals surface area contributed by atoms with Gasteiger partial charge in [0, 0.05) is 18.3 Å². The number of carbonyl (C=O) groups is 2. The summed E-state index contributed by atoms with van der Waals surface area (Å²) in [5.41, 5.74) is 7.10. The first-order valence-corrected chi connectivity index (χ1v) is 5.74. The second-order valence-corrected chi connectivity index (χ2v) is 4.05. The lowest BCUT2D eigenvalue weighted by Gasteiger charge is -2.18. The highest BCUT2D eigenvalue weighted by atomic mass is 16.5. The molecule has 0 unspecified atom stereocenters. The fraction of sp³-hybridized carbons (Fsp3) is 0.333. The zero-order valence-electron chi connectivity index (χ0n) is 9.86. The number of rotatable bonds is 3. The van der Waals surface area contributed by atoms with Gasteiger partial charge in [0.05, 0.1) is 0 Å². The average Bonchev–Trinajstić information content (AvgIpc) is 2.35. The third kappa shape index (κ3) is 3.13. The SMILES string of the molecule is NC(=O)NC(=O)COc1ccc2c(c1)NCCC2. The van der Waals surface area contributed by atoms with E-state index in [9.17, 15) is 9.59 Å². The van der Waals surface area contributed by atoms with Crippen LogP contribution in [-0.2, 0) is 11.2 Å². The van der Waals surface area contributed by atoms with Crippen LogP contribution < -0.4 is 21.1 Å². The minimum atomic E-state index is -0.879. The maximum Gasteiger partial charge on any atom is 0.318 e. The number of imide groups is 1. The van der Waals surface area contributed by atoms with E-state index in [1.54, 1.807) is 0 Å². The van der Waals surface area contributed by atoms with E-state index in [4.69, 9.17) is 10.5 Å². The molecular weight excluding hydrogens is 234 g/mol. The minimum absolute atomic E-state index is 0.234. The number of hydrogen-bond acceptors (Lipinski definition) is 4. The number of ether oxygens (including phenoxy) is 1. The number of anilines is 1. The Morgan fingerprint density at radius 3 is 3.06 bits per heavy atom. The quantitative estimate of drug-likeness (QED) is 0.732. The van der Waals surface area contributed by atoms with Gasteiger partial charge in [0.2, 0.25) is 0 Å². The van der Waals surface area contributed by atoms with E-state index < -0.39 is 11.9 Å². The van der Waals surface area contributed by atoms with Crippen molar-refractivity contribution >= 4 is 17.6 Å². The van der Waals surface area contributed by atoms with Crippen molar-refractivity contribution in [3.8, 4) is 5.75 Å². The van der Waals surface area contributed by atoms with Crippen LogP contribution in [-0.4, -0.2) is 25.1 Å². The van der Waals surface area contributed by atoms with Gasteiger partial charge in [-0.3, -0.25) is 10.1 Å². The molecule has 1 aromatic carbocycles. The fourth-order valence-corrected chi connectivity index (χ4v) is 1.85. The number of amides is 3. The van der Waals surface area contributed by atoms with E-state index in [1.165, 1.54) is 5.56 Å². The molecule has 6 heteroatoms. The smallest absolute Gasteiger partial charge is 0.318 e. The molecule has 1 heterocycles. The van der Waals surface area contributed by atoms with Crippen LogP contribution in [0.5, 0.6) is 5.75 Å². The lowest BCUT2D eigenvalue weighted by Crippen LogP contribution is -2.38. The Balaban J connectivity index is 1.94. The Hall–Kier alpha value is -2.24. The number of benzene rings is 1. The Bertz CT molecular complexity index is 474. The molecule has 0 saturated carbocycles. The Morgan fingerprint density at radius 1 is 1.44 bits per heavy atom. The lowest BCUT2D eigenvalue weighted by molar-refractivity contribution is -0.121. The molecule has 3 amide bonds. The molecule has 1 aliphatic heterocycles. The molecule has 96 valence electrons. The zero-order valence-corrected chi connectivity index (χ0v) is 9.86. The third-order valence-electron chi connectivity index (χ3n) is 2.65. The molecule has 0 radical (unpaired) electrons. The highest BCUT2D eigenvalue weighted by Gasteiger charge is 2.10. The summed E-state index contributed by atoms with van der Waals surface area (Å²) in [4.78, 5) is 21.6. The van der Waals surface area contributed by atoms with Gasteiger partial charge < -0.3 is 15.8 Å². The largest absolute Gasteiger partial charge is 0.484 e. The molecular formula is C12H15N3O3. The lowest BCUT2D eigenvalue weighted by atomic mass is 10.0. The van der Waals surface area contributed by atoms with Crippen LogP contribution in [0.2, 0.25) is 0 Å². The molecule has 0 aliphatic carbocycles. The van der Waals surface area contributed by atoms with Crippen LogP contribution >= 0.6 is 0 Å². The van der Waals surface area contributed by atoms with Gasteiger partial charge in [-0.2, -0.15) is 0 Å². The highest BCUT2D eigenvalue weighted by molar-refractivity contribution is 5.94. The fourth-order valence-electron chi connectivity index (χ4n) is 1.85. The van der Waals surface area contributed by atoms with Gasteiger partial charge in [-0.15, -0.1) is 0 Å². The minimum Gasteiger partial charge on any atom is -0.484 e. The van der Waals surface area contributed by atoms with Crippen molar-refractivity contribution in [1.82, 2.24) is 5.32 Å². The monoisotopic (exact) mass is 249 g/mol. The number of hydrogen-bond donors (Lipinski definition) is 3. The molecule has 2 rings (SSSR count). The summed E-state index contributed by atoms with van der Waals surface area (Å²) in [6, 6.07) is 4.76. The summed E-state index contributed by atoms with van der Waals surface area (Å²) in [5, 5.41) is 5.20. The van der Waals surface area contributed by atoms with E-state index >= 15 is 0 Å². The summed E-state index contributed by atoms with van der Waals surface area (Å²) < 4.78 is 5.27. The summed E-state index contributed by atoms with van der Waals surface area (Å²) in [7, 11) is 0. The Labute approximate surface area is 104 Å². The normalized spacial score (nSPS) is 13.1. The van der Waals surface area contributed by atoms with Crippen molar-refractivity contribution in [2.24, 2.45) is 5.73 Å². The van der Waals surface area contributed by atoms with E-state index in [1.807, 2.05) is 23.5 Å². The second kappa shape index (κ2) is 5.39. The van der Waals surface area contributed by atoms with E-state index in [0.717, 1.165) is 25.1 Å². The molecule has 1 aromatic rings. The van der Waals surface area contributed by atoms with Gasteiger partial charge >= 0.3 is 6.03 Å². The average molecular weight is 249 g/mol. The highest BCUT2D eigenvalue weighted by Crippen LogP contribution is 2.26. The first-order valence-electron chi connectivity index (χ1n) is 5.74. The maximum atomic E-state index is 11.2. The topological polar surface area (TPSA) is 93.5 Å². The molecule has 18 heavy (non-hydrogen) atoms. The van der Waals surface area contributed by atoms with Crippen molar-refractivity contribution < 1.29 is 14.3 Å². The molecule has 0 bridgehead atoms. The number of aryl methyl sites for hydroxylation is 1. The van der Waals surface area contributed by atoms with Gasteiger partial charge in [-0.25, -0.2) is 4.79 Å². The molecule has 4 N–H and O–H groups in total. The van der Waals surface area contributed by atoms with Gasteiger partial charge in [0.25, 0.3) is 5.91 Å². The number of urea groups is 1. The molecule has 6 nitrogen and oxygen atoms in total. The molecule has 0 atom stereocenters. The van der Waals surface area contributed by atoms with E-state index in [2.05, 4.69) is 5.32 Å². The maximum absolute atomic E-state index is 11.2. The number of fused-ring (bicyclic) bond motifs is 1. The predicted octanol–water partition coefficient (Wildman–Crippen LogP) is 0.618. The molecule has 0 spiro atoms. The van der Waals surface area contributed by atoms with E-state index in [0.29, 0.717) is 5.75 Å². The molecule has 1 aliphatic rings. The number of nitrogens with two attached hydrogens (primary N) is 1. The summed E-state index contributed by atoms with van der Waals surface area (Å²) in [6.45, 7) is 0.709. The van der Waals surface area contributed by atoms with Gasteiger partial charge in [-0.05, 0) is 24.5 Å². The first kappa shape index (κ1) is 12.2. The predicted molar refractivity (Wildman–Crippen MR) is 66.5 cm³/mol. The number of primary amides is 1.